The predicted molar refractivity (Wildman–Crippen MR) is 115 cm³/mol. The number of carbonyl (C=O) groups is 3. The fourth-order valence-electron chi connectivity index (χ4n) is 3.75. The first-order valence-corrected chi connectivity index (χ1v) is 10.6. The van der Waals surface area contributed by atoms with Crippen LogP contribution in [0.15, 0.2) is 36.4 Å². The van der Waals surface area contributed by atoms with Crippen LogP contribution in [0.25, 0.3) is 0 Å². The van der Waals surface area contributed by atoms with Gasteiger partial charge in [-0.25, -0.2) is 9.59 Å². The number of aromatic carboxylic acids is 1. The normalized spacial score (nSPS) is 17.6. The van der Waals surface area contributed by atoms with Crippen LogP contribution < -0.4 is 15.0 Å². The molecule has 0 aliphatic carbocycles. The molecule has 2 amide bonds. The largest absolute Gasteiger partial charge is 0.478 e. The number of fused-ring (bicyclic) bond motifs is 1. The second-order valence-electron chi connectivity index (χ2n) is 8.15. The first-order chi connectivity index (χ1) is 17.1. The summed E-state index contributed by atoms with van der Waals surface area (Å²) in [7, 11) is 0. The molecular formula is C23H20F6N2O6. The van der Waals surface area contributed by atoms with Crippen molar-refractivity contribution in [3.8, 4) is 5.75 Å². The lowest BCUT2D eigenvalue weighted by molar-refractivity contribution is -0.236. The van der Waals surface area contributed by atoms with Crippen LogP contribution in [-0.2, 0) is 22.3 Å². The molecule has 2 aromatic carbocycles. The van der Waals surface area contributed by atoms with Crippen molar-refractivity contribution >= 4 is 23.7 Å². The Labute approximate surface area is 205 Å². The Morgan fingerprint density at radius 3 is 2.30 bits per heavy atom. The third kappa shape index (κ3) is 5.42. The van der Waals surface area contributed by atoms with Gasteiger partial charge in [0.15, 0.2) is 0 Å². The summed E-state index contributed by atoms with van der Waals surface area (Å²) < 4.78 is 91.9. The van der Waals surface area contributed by atoms with E-state index < -0.39 is 77.1 Å². The second kappa shape index (κ2) is 9.82. The number of alkyl carbamates (subject to hydrolysis) is 1. The molecule has 2 aromatic rings. The summed E-state index contributed by atoms with van der Waals surface area (Å²) in [6.07, 6.45) is -11.6. The van der Waals surface area contributed by atoms with E-state index >= 15 is 0 Å². The molecule has 0 bridgehead atoms. The maximum atomic E-state index is 13.8. The number of anilines is 1. The molecule has 0 radical (unpaired) electrons. The van der Waals surface area contributed by atoms with Crippen molar-refractivity contribution < 1.29 is 55.3 Å². The second-order valence-corrected chi connectivity index (χ2v) is 8.15. The topological polar surface area (TPSA) is 105 Å². The Hall–Kier alpha value is -3.97. The highest BCUT2D eigenvalue weighted by molar-refractivity contribution is 6.06. The van der Waals surface area contributed by atoms with Crippen molar-refractivity contribution in [2.75, 3.05) is 18.0 Å². The minimum Gasteiger partial charge on any atom is -0.478 e. The lowest BCUT2D eigenvalue weighted by Gasteiger charge is -2.42. The molecule has 1 heterocycles. The van der Waals surface area contributed by atoms with E-state index in [2.05, 4.69) is 5.32 Å². The van der Waals surface area contributed by atoms with Crippen LogP contribution in [0.4, 0.5) is 36.8 Å². The van der Waals surface area contributed by atoms with Gasteiger partial charge in [0.25, 0.3) is 11.5 Å². The summed E-state index contributed by atoms with van der Waals surface area (Å²) in [5, 5.41) is 11.6. The number of rotatable bonds is 6. The van der Waals surface area contributed by atoms with Gasteiger partial charge in [-0.2, -0.15) is 26.3 Å². The molecule has 8 nitrogen and oxygen atoms in total. The lowest BCUT2D eigenvalue weighted by atomic mass is 9.93. The van der Waals surface area contributed by atoms with Crippen molar-refractivity contribution in [3.05, 3.63) is 58.7 Å². The minimum absolute atomic E-state index is 0.122. The molecule has 0 saturated heterocycles. The number of nitrogens with zero attached hydrogens (tertiary/aromatic N) is 1. The Bertz CT molecular complexity index is 1210. The number of alkyl halides is 6. The third-order valence-electron chi connectivity index (χ3n) is 5.62. The van der Waals surface area contributed by atoms with Crippen molar-refractivity contribution in [2.24, 2.45) is 0 Å². The first kappa shape index (κ1) is 27.6. The van der Waals surface area contributed by atoms with Crippen molar-refractivity contribution in [2.45, 2.75) is 38.4 Å². The molecule has 1 aliphatic heterocycles. The van der Waals surface area contributed by atoms with Crippen molar-refractivity contribution in [3.63, 3.8) is 0 Å². The molecule has 14 heteroatoms. The Kier molecular flexibility index (Phi) is 7.33. The SMILES string of the molecule is Cc1c(C(=O)O)c(C(F)(F)F)cc2c1N(CCNC(=O)OCc1ccccc1)C(=O)[C@](C)(C(F)(F)F)O2. The standard InChI is InChI=1S/C23H20F6N2O6/c1-12-16(18(32)33)14(22(24,25)26)10-15-17(12)31(19(34)21(2,37-15)23(27,28)29)9-8-30-20(35)36-11-13-6-4-3-5-7-13/h3-7,10H,8-9,11H2,1-2H3,(H,30,35)(H,32,33)/t21-/m1/s1. The predicted octanol–water partition coefficient (Wildman–Crippen LogP) is 4.68. The smallest absolute Gasteiger partial charge is 0.437 e. The highest BCUT2D eigenvalue weighted by atomic mass is 19.4. The Morgan fingerprint density at radius 1 is 1.14 bits per heavy atom. The van der Waals surface area contributed by atoms with E-state index in [1.54, 1.807) is 30.3 Å². The highest BCUT2D eigenvalue weighted by Crippen LogP contribution is 2.49. The number of nitrogens with one attached hydrogen (secondary N) is 1. The zero-order valence-electron chi connectivity index (χ0n) is 19.3. The van der Waals surface area contributed by atoms with Crippen molar-refractivity contribution in [1.29, 1.82) is 0 Å². The molecular weight excluding hydrogens is 514 g/mol. The molecule has 1 atom stereocenters. The van der Waals surface area contributed by atoms with E-state index in [0.717, 1.165) is 6.92 Å². The first-order valence-electron chi connectivity index (χ1n) is 10.6. The summed E-state index contributed by atoms with van der Waals surface area (Å²) in [4.78, 5) is 37.0. The van der Waals surface area contributed by atoms with Gasteiger partial charge in [0.1, 0.15) is 12.4 Å². The maximum Gasteiger partial charge on any atom is 0.437 e. The number of carbonyl (C=O) groups excluding carboxylic acids is 2. The van der Waals surface area contributed by atoms with Gasteiger partial charge < -0.3 is 24.8 Å². The molecule has 3 rings (SSSR count). The van der Waals surface area contributed by atoms with Gasteiger partial charge in [-0.3, -0.25) is 4.79 Å². The van der Waals surface area contributed by atoms with Gasteiger partial charge >= 0.3 is 24.4 Å². The van der Waals surface area contributed by atoms with Gasteiger partial charge in [-0.1, -0.05) is 30.3 Å². The van der Waals surface area contributed by atoms with E-state index in [4.69, 9.17) is 9.47 Å². The van der Waals surface area contributed by atoms with E-state index in [1.807, 2.05) is 0 Å². The van der Waals surface area contributed by atoms with Gasteiger partial charge in [0, 0.05) is 13.1 Å². The molecule has 0 unspecified atom stereocenters. The summed E-state index contributed by atoms with van der Waals surface area (Å²) in [5.41, 5.74) is -7.14. The quantitative estimate of drug-likeness (QED) is 0.522. The molecule has 37 heavy (non-hydrogen) atoms. The molecule has 0 spiro atoms. The fourth-order valence-corrected chi connectivity index (χ4v) is 3.75. The van der Waals surface area contributed by atoms with Crippen LogP contribution in [0.3, 0.4) is 0 Å². The summed E-state index contributed by atoms with van der Waals surface area (Å²) in [5.74, 6) is -4.70. The number of hydrogen-bond acceptors (Lipinski definition) is 5. The average molecular weight is 534 g/mol. The van der Waals surface area contributed by atoms with Gasteiger partial charge in [0.2, 0.25) is 0 Å². The van der Waals surface area contributed by atoms with E-state index in [9.17, 15) is 45.8 Å². The van der Waals surface area contributed by atoms with Crippen LogP contribution in [0, 0.1) is 6.92 Å². The summed E-state index contributed by atoms with van der Waals surface area (Å²) in [6.45, 7) is 0.00109. The summed E-state index contributed by atoms with van der Waals surface area (Å²) >= 11 is 0. The zero-order valence-corrected chi connectivity index (χ0v) is 19.3. The van der Waals surface area contributed by atoms with E-state index in [1.165, 1.54) is 0 Å². The van der Waals surface area contributed by atoms with E-state index in [0.29, 0.717) is 17.4 Å². The third-order valence-corrected chi connectivity index (χ3v) is 5.62. The van der Waals surface area contributed by atoms with Crippen LogP contribution in [0.5, 0.6) is 5.75 Å². The number of carboxylic acid groups (broad SMARTS) is 1. The Balaban J connectivity index is 1.94. The molecule has 2 N–H and O–H groups in total. The Morgan fingerprint density at radius 2 is 1.76 bits per heavy atom. The van der Waals surface area contributed by atoms with Gasteiger partial charge in [0.05, 0.1) is 16.8 Å². The lowest BCUT2D eigenvalue weighted by Crippen LogP contribution is -2.63. The van der Waals surface area contributed by atoms with E-state index in [-0.39, 0.29) is 12.7 Å². The van der Waals surface area contributed by atoms with Crippen LogP contribution in [0.2, 0.25) is 0 Å². The molecule has 0 aromatic heterocycles. The molecule has 0 saturated carbocycles. The molecule has 200 valence electrons. The average Bonchev–Trinajstić information content (AvgIpc) is 2.79. The highest BCUT2D eigenvalue weighted by Gasteiger charge is 2.63. The van der Waals surface area contributed by atoms with Gasteiger partial charge in [-0.05, 0) is 31.0 Å². The number of hydrogen-bond donors (Lipinski definition) is 2. The van der Waals surface area contributed by atoms with Crippen molar-refractivity contribution in [1.82, 2.24) is 5.32 Å². The number of ether oxygens (including phenoxy) is 2. The van der Waals surface area contributed by atoms with Crippen LogP contribution in [-0.4, -0.2) is 47.9 Å². The maximum absolute atomic E-state index is 13.8. The van der Waals surface area contributed by atoms with Crippen LogP contribution >= 0.6 is 0 Å². The fraction of sp³-hybridized carbons (Fsp3) is 0.348. The molecule has 1 aliphatic rings. The summed E-state index contributed by atoms with van der Waals surface area (Å²) in [6, 6.07) is 8.61. The van der Waals surface area contributed by atoms with Gasteiger partial charge in [-0.15, -0.1) is 0 Å². The number of amides is 2. The zero-order chi connectivity index (χ0) is 27.8. The number of halogens is 6. The minimum atomic E-state index is -5.35. The monoisotopic (exact) mass is 534 g/mol. The van der Waals surface area contributed by atoms with Crippen LogP contribution in [0.1, 0.15) is 34.0 Å². The number of benzene rings is 2. The number of carboxylic acids is 1. The molecule has 0 fully saturated rings.